The van der Waals surface area contributed by atoms with Crippen molar-refractivity contribution >= 4 is 92.5 Å². The maximum absolute atomic E-state index is 2.38. The quantitative estimate of drug-likeness (QED) is 0.124. The second kappa shape index (κ2) is 15.0. The van der Waals surface area contributed by atoms with Crippen LogP contribution in [0, 0.1) is 0 Å². The molecule has 0 aliphatic carbocycles. The van der Waals surface area contributed by atoms with Crippen LogP contribution >= 0.6 is 53.3 Å². The molecule has 4 aromatic carbocycles. The summed E-state index contributed by atoms with van der Waals surface area (Å²) in [6.45, 7) is 0. The molecule has 236 valence electrons. The van der Waals surface area contributed by atoms with Crippen molar-refractivity contribution in [1.82, 2.24) is 0 Å². The fraction of sp³-hybridized carbons (Fsp3) is 0. The van der Waals surface area contributed by atoms with E-state index in [0.717, 1.165) is 0 Å². The van der Waals surface area contributed by atoms with Crippen LogP contribution in [0.2, 0.25) is 0 Å². The van der Waals surface area contributed by atoms with Gasteiger partial charge in [-0.3, -0.25) is 0 Å². The minimum absolute atomic E-state index is 0.854. The van der Waals surface area contributed by atoms with Crippen LogP contribution in [0.4, 0.5) is 0 Å². The molecule has 0 radical (unpaired) electrons. The standard InChI is InChI=1S/C44H31PS4/c1-3-14-32(15-4-1)45(33-16-5-2-6-17-33)41-23-8-7-20-38(41)44-36(39(42-24-12-28-48-42)30-34-18-10-26-46-34)21-9-22-37(44)40(43-25-13-29-49-43)31-35-19-11-27-47-35/h1-31H/b39-30-,40-31-. The van der Waals surface area contributed by atoms with E-state index in [1.54, 1.807) is 45.3 Å². The lowest BCUT2D eigenvalue weighted by atomic mass is 9.86. The number of hydrogen-bond acceptors (Lipinski definition) is 4. The van der Waals surface area contributed by atoms with Crippen molar-refractivity contribution < 1.29 is 0 Å². The summed E-state index contributed by atoms with van der Waals surface area (Å²) in [4.78, 5) is 5.02. The van der Waals surface area contributed by atoms with Crippen molar-refractivity contribution in [3.8, 4) is 11.1 Å². The van der Waals surface area contributed by atoms with Crippen LogP contribution in [0.15, 0.2) is 173 Å². The van der Waals surface area contributed by atoms with Crippen molar-refractivity contribution in [2.45, 2.75) is 0 Å². The second-order valence-corrected chi connectivity index (χ2v) is 17.4. The molecule has 4 aromatic heterocycles. The van der Waals surface area contributed by atoms with Gasteiger partial charge in [-0.25, -0.2) is 0 Å². The molecule has 0 spiro atoms. The Bertz CT molecular complexity index is 2160. The first-order valence-electron chi connectivity index (χ1n) is 16.0. The van der Waals surface area contributed by atoms with E-state index in [-0.39, 0.29) is 0 Å². The SMILES string of the molecule is C(=C(/c1cccs1)c1cccc(/C(=C/c2cccs2)c2cccs2)c1-c1ccccc1P(c1ccccc1)c1ccccc1)/c1cccs1. The molecule has 8 rings (SSSR count). The molecule has 8 aromatic rings. The van der Waals surface area contributed by atoms with Crippen molar-refractivity contribution in [3.05, 3.63) is 204 Å². The van der Waals surface area contributed by atoms with Crippen LogP contribution < -0.4 is 15.9 Å². The van der Waals surface area contributed by atoms with Gasteiger partial charge in [-0.2, -0.15) is 0 Å². The summed E-state index contributed by atoms with van der Waals surface area (Å²) in [5, 5.41) is 12.7. The molecular weight excluding hydrogens is 688 g/mol. The Labute approximate surface area is 305 Å². The summed E-state index contributed by atoms with van der Waals surface area (Å²) in [5.41, 5.74) is 7.51. The van der Waals surface area contributed by atoms with Crippen LogP contribution in [0.3, 0.4) is 0 Å². The van der Waals surface area contributed by atoms with Gasteiger partial charge in [0, 0.05) is 30.7 Å². The van der Waals surface area contributed by atoms with Gasteiger partial charge in [0.2, 0.25) is 0 Å². The van der Waals surface area contributed by atoms with E-state index in [9.17, 15) is 0 Å². The van der Waals surface area contributed by atoms with Gasteiger partial charge in [-0.15, -0.1) is 45.3 Å². The minimum atomic E-state index is -0.854. The molecule has 5 heteroatoms. The van der Waals surface area contributed by atoms with Crippen LogP contribution in [0.5, 0.6) is 0 Å². The Morgan fingerprint density at radius 1 is 0.408 bits per heavy atom. The fourth-order valence-corrected chi connectivity index (χ4v) is 11.5. The largest absolute Gasteiger partial charge is 0.144 e. The molecule has 0 aliphatic rings. The molecule has 0 atom stereocenters. The highest BCUT2D eigenvalue weighted by Gasteiger charge is 2.26. The van der Waals surface area contributed by atoms with E-state index in [0.29, 0.717) is 0 Å². The number of benzene rings is 4. The highest BCUT2D eigenvalue weighted by atomic mass is 32.1. The molecule has 0 saturated heterocycles. The molecule has 0 amide bonds. The molecule has 0 N–H and O–H groups in total. The van der Waals surface area contributed by atoms with E-state index >= 15 is 0 Å². The van der Waals surface area contributed by atoms with Crippen LogP contribution in [-0.2, 0) is 0 Å². The van der Waals surface area contributed by atoms with Gasteiger partial charge >= 0.3 is 0 Å². The number of thiophene rings is 4. The Hall–Kier alpha value is -4.41. The lowest BCUT2D eigenvalue weighted by molar-refractivity contribution is 1.54. The van der Waals surface area contributed by atoms with Gasteiger partial charge in [-0.1, -0.05) is 127 Å². The van der Waals surface area contributed by atoms with E-state index < -0.39 is 7.92 Å². The zero-order valence-corrected chi connectivity index (χ0v) is 30.6. The Kier molecular flexibility index (Phi) is 9.75. The summed E-state index contributed by atoms with van der Waals surface area (Å²) < 4.78 is 0. The summed E-state index contributed by atoms with van der Waals surface area (Å²) >= 11 is 7.17. The highest BCUT2D eigenvalue weighted by Crippen LogP contribution is 2.45. The third kappa shape index (κ3) is 6.89. The smallest absolute Gasteiger partial charge is 0.0349 e. The third-order valence-corrected chi connectivity index (χ3v) is 14.3. The maximum Gasteiger partial charge on any atom is 0.0349 e. The monoisotopic (exact) mass is 718 g/mol. The third-order valence-electron chi connectivity index (χ3n) is 8.32. The van der Waals surface area contributed by atoms with E-state index in [1.807, 2.05) is 0 Å². The van der Waals surface area contributed by atoms with Gasteiger partial charge in [-0.05, 0) is 104 Å². The summed E-state index contributed by atoms with van der Waals surface area (Å²) in [5.74, 6) is 0. The zero-order valence-electron chi connectivity index (χ0n) is 26.5. The minimum Gasteiger partial charge on any atom is -0.144 e. The summed E-state index contributed by atoms with van der Waals surface area (Å²) in [7, 11) is -0.854. The first-order chi connectivity index (χ1) is 24.3. The Morgan fingerprint density at radius 2 is 0.878 bits per heavy atom. The highest BCUT2D eigenvalue weighted by molar-refractivity contribution is 7.80. The van der Waals surface area contributed by atoms with Gasteiger partial charge in [0.1, 0.15) is 0 Å². The zero-order chi connectivity index (χ0) is 32.8. The molecule has 4 heterocycles. The molecule has 0 unspecified atom stereocenters. The van der Waals surface area contributed by atoms with Gasteiger partial charge in [0.05, 0.1) is 0 Å². The molecule has 0 aliphatic heterocycles. The molecule has 0 fully saturated rings. The van der Waals surface area contributed by atoms with E-state index in [2.05, 4.69) is 185 Å². The first-order valence-corrected chi connectivity index (χ1v) is 20.9. The summed E-state index contributed by atoms with van der Waals surface area (Å²) in [6, 6.07) is 55.7. The van der Waals surface area contributed by atoms with Gasteiger partial charge < -0.3 is 0 Å². The molecular formula is C44H31PS4. The number of hydrogen-bond donors (Lipinski definition) is 0. The van der Waals surface area contributed by atoms with Crippen molar-refractivity contribution in [1.29, 1.82) is 0 Å². The van der Waals surface area contributed by atoms with Crippen molar-refractivity contribution in [2.24, 2.45) is 0 Å². The lowest BCUT2D eigenvalue weighted by Gasteiger charge is -2.26. The normalized spacial score (nSPS) is 12.1. The first kappa shape index (κ1) is 31.8. The molecule has 49 heavy (non-hydrogen) atoms. The molecule has 0 saturated carbocycles. The Morgan fingerprint density at radius 3 is 1.35 bits per heavy atom. The Balaban J connectivity index is 1.47. The average molecular weight is 719 g/mol. The van der Waals surface area contributed by atoms with Crippen LogP contribution in [0.1, 0.15) is 30.6 Å². The van der Waals surface area contributed by atoms with Gasteiger partial charge in [0.15, 0.2) is 0 Å². The molecule has 0 nitrogen and oxygen atoms in total. The number of rotatable bonds is 10. The topological polar surface area (TPSA) is 0 Å². The van der Waals surface area contributed by atoms with Crippen molar-refractivity contribution in [3.63, 3.8) is 0 Å². The van der Waals surface area contributed by atoms with Crippen LogP contribution in [-0.4, -0.2) is 0 Å². The molecule has 0 bridgehead atoms. The predicted octanol–water partition coefficient (Wildman–Crippen LogP) is 12.5. The van der Waals surface area contributed by atoms with Crippen molar-refractivity contribution in [2.75, 3.05) is 0 Å². The van der Waals surface area contributed by atoms with E-state index in [1.165, 1.54) is 68.8 Å². The van der Waals surface area contributed by atoms with Crippen LogP contribution in [0.25, 0.3) is 34.4 Å². The maximum atomic E-state index is 2.38. The summed E-state index contributed by atoms with van der Waals surface area (Å²) in [6.07, 6.45) is 4.76. The second-order valence-electron chi connectivity index (χ2n) is 11.4. The average Bonchev–Trinajstić information content (AvgIpc) is 4.00. The predicted molar refractivity (Wildman–Crippen MR) is 222 cm³/mol. The van der Waals surface area contributed by atoms with E-state index in [4.69, 9.17) is 0 Å². The fourth-order valence-electron chi connectivity index (χ4n) is 6.21. The lowest BCUT2D eigenvalue weighted by Crippen LogP contribution is -2.22. The van der Waals surface area contributed by atoms with Gasteiger partial charge in [0.25, 0.3) is 0 Å².